The van der Waals surface area contributed by atoms with E-state index < -0.39 is 0 Å². The zero-order valence-corrected chi connectivity index (χ0v) is 57.1. The molecule has 0 bridgehead atoms. The summed E-state index contributed by atoms with van der Waals surface area (Å²) in [6.07, 6.45) is 8.45. The fourth-order valence-electron chi connectivity index (χ4n) is 6.72. The van der Waals surface area contributed by atoms with Gasteiger partial charge in [-0.05, 0) is 125 Å². The van der Waals surface area contributed by atoms with Crippen LogP contribution in [0.2, 0.25) is 0 Å². The van der Waals surface area contributed by atoms with E-state index in [9.17, 15) is 14.4 Å². The van der Waals surface area contributed by atoms with Crippen LogP contribution in [0.3, 0.4) is 0 Å². The molecule has 0 spiro atoms. The van der Waals surface area contributed by atoms with Crippen LogP contribution in [0.4, 0.5) is 0 Å². The Balaban J connectivity index is 0. The first-order chi connectivity index (χ1) is 24.1. The summed E-state index contributed by atoms with van der Waals surface area (Å²) in [6, 6.07) is 4.39. The molecule has 11 nitrogen and oxygen atoms in total. The molecule has 0 N–H and O–H groups in total. The summed E-state index contributed by atoms with van der Waals surface area (Å²) in [4.78, 5) is 42.2. The molecule has 0 aliphatic carbocycles. The van der Waals surface area contributed by atoms with Crippen LogP contribution in [0.15, 0.2) is 12.1 Å². The van der Waals surface area contributed by atoms with E-state index in [1.54, 1.807) is 12.8 Å². The monoisotopic (exact) mass is 1050 g/mol. The fraction of sp³-hybridized carbons (Fsp3) is 0.675. The number of hydrogen-bond acceptors (Lipinski definition) is 9. The van der Waals surface area contributed by atoms with Gasteiger partial charge in [0.25, 0.3) is 0 Å². The van der Waals surface area contributed by atoms with Crippen molar-refractivity contribution in [3.63, 3.8) is 0 Å². The number of aromatic nitrogens is 4. The van der Waals surface area contributed by atoms with Gasteiger partial charge in [-0.15, -0.1) is 25.7 Å². The second-order valence-electron chi connectivity index (χ2n) is 15.1. The Morgan fingerprint density at radius 1 is 0.564 bits per heavy atom. The van der Waals surface area contributed by atoms with Crippen molar-refractivity contribution < 1.29 is 247 Å². The van der Waals surface area contributed by atoms with Gasteiger partial charge in [0.2, 0.25) is 0 Å². The van der Waals surface area contributed by atoms with Gasteiger partial charge in [0.15, 0.2) is 0 Å². The first kappa shape index (κ1) is 61.1. The zero-order chi connectivity index (χ0) is 37.7. The standard InChI is InChI=1S/2C11H18N3.C10H16NO2.C8H14NO.4Rb/c1-9-8-11(12-14(9)3)10-4-6-13(2)7-5-10;1-9-8-11(14(3)12-9)10-4-6-13(2)7-5-10;1-8(12)7-10(13)9-3-5-11(2)6-4-9;1-7(10)8-3-5-9(2)6-4-8;;;;/h2*8H,4-7H2,1-3H3;3-7H2,1-2H3;3-6H2,1-2H3;;;;/q4*-1;4*+1. The van der Waals surface area contributed by atoms with Crippen LogP contribution in [0.1, 0.15) is 94.4 Å². The van der Waals surface area contributed by atoms with E-state index in [0.29, 0.717) is 0 Å². The summed E-state index contributed by atoms with van der Waals surface area (Å²) < 4.78 is 3.97. The number of carbonyl (C=O) groups excluding carboxylic acids is 3. The molecule has 6 rings (SSSR count). The molecule has 0 aromatic carbocycles. The molecule has 55 heavy (non-hydrogen) atoms. The SMILES string of the molecule is CC(=O)CC(=O)[C-]1CCN(C)CC1.CC(=O)[C-]1CCN(C)CC1.Cc1cc([C-]2CCN(C)CC2)n(C)n1.Cc1cc([C-]2CCN(C)CC2)nn1C.[Rb+].[Rb+].[Rb+].[Rb+]. The first-order valence-electron chi connectivity index (χ1n) is 18.8. The minimum absolute atomic E-state index is 0. The number of likely N-dealkylation sites (tertiary alicyclic amines) is 4. The molecule has 4 aliphatic rings. The van der Waals surface area contributed by atoms with Gasteiger partial charge in [-0.25, -0.2) is 10.2 Å². The molecule has 2 aromatic heterocycles. The molecule has 0 atom stereocenters. The van der Waals surface area contributed by atoms with E-state index in [0.717, 1.165) is 69.4 Å². The van der Waals surface area contributed by atoms with E-state index >= 15 is 0 Å². The Morgan fingerprint density at radius 3 is 1.31 bits per heavy atom. The van der Waals surface area contributed by atoms with Crippen LogP contribution in [-0.2, 0) is 28.5 Å². The molecular weight excluding hydrogens is 982 g/mol. The number of carbonyl (C=O) groups is 3. The summed E-state index contributed by atoms with van der Waals surface area (Å²) in [6.45, 7) is 16.0. The zero-order valence-electron chi connectivity index (χ0n) is 37.5. The van der Waals surface area contributed by atoms with Gasteiger partial charge in [-0.1, -0.05) is 37.1 Å². The molecule has 0 unspecified atom stereocenters. The Hall–Kier alpha value is 3.97. The van der Waals surface area contributed by atoms with Crippen molar-refractivity contribution in [1.82, 2.24) is 39.2 Å². The van der Waals surface area contributed by atoms with Gasteiger partial charge in [0.05, 0.1) is 0 Å². The minimum Gasteiger partial charge on any atom is -0.334 e. The van der Waals surface area contributed by atoms with Crippen LogP contribution in [0.5, 0.6) is 0 Å². The quantitative estimate of drug-likeness (QED) is 0.207. The van der Waals surface area contributed by atoms with Crippen molar-refractivity contribution in [2.24, 2.45) is 14.1 Å². The van der Waals surface area contributed by atoms with Crippen molar-refractivity contribution in [1.29, 1.82) is 0 Å². The number of rotatable bonds is 6. The molecule has 6 heterocycles. The maximum absolute atomic E-state index is 11.4. The van der Waals surface area contributed by atoms with Gasteiger partial charge in [0.1, 0.15) is 5.78 Å². The van der Waals surface area contributed by atoms with Gasteiger partial charge < -0.3 is 45.7 Å². The number of nitrogens with zero attached hydrogens (tertiary/aromatic N) is 8. The third kappa shape index (κ3) is 23.5. The largest absolute Gasteiger partial charge is 1.00 e. The van der Waals surface area contributed by atoms with Crippen LogP contribution >= 0.6 is 0 Å². The summed E-state index contributed by atoms with van der Waals surface area (Å²) in [5.41, 5.74) is 4.90. The topological polar surface area (TPSA) is 99.8 Å². The van der Waals surface area contributed by atoms with Gasteiger partial charge in [0, 0.05) is 26.3 Å². The minimum atomic E-state index is -0.0311. The van der Waals surface area contributed by atoms with Crippen molar-refractivity contribution in [3.05, 3.63) is 58.6 Å². The molecule has 4 aliphatic heterocycles. The summed E-state index contributed by atoms with van der Waals surface area (Å²) >= 11 is 0. The second-order valence-corrected chi connectivity index (χ2v) is 15.1. The third-order valence-electron chi connectivity index (χ3n) is 10.5. The molecule has 2 aromatic rings. The first-order valence-corrected chi connectivity index (χ1v) is 18.8. The molecule has 0 saturated carbocycles. The predicted molar refractivity (Wildman–Crippen MR) is 205 cm³/mol. The van der Waals surface area contributed by atoms with Crippen LogP contribution in [0.25, 0.3) is 0 Å². The molecular formula is C40H66N8O3Rb4. The normalized spacial score (nSPS) is 17.9. The average molecular weight is 1050 g/mol. The van der Waals surface area contributed by atoms with E-state index in [1.807, 2.05) is 30.5 Å². The van der Waals surface area contributed by atoms with Crippen molar-refractivity contribution in [2.75, 3.05) is 80.5 Å². The number of Topliss-reactive ketones (excluding diaryl/α,β-unsaturated/α-hetero) is 3. The van der Waals surface area contributed by atoms with Crippen LogP contribution in [-0.4, -0.2) is 137 Å². The number of hydrogen-bond donors (Lipinski definition) is 0. The Labute approximate surface area is 530 Å². The Morgan fingerprint density at radius 2 is 0.964 bits per heavy atom. The van der Waals surface area contributed by atoms with Crippen molar-refractivity contribution in [3.8, 4) is 0 Å². The average Bonchev–Trinajstić information content (AvgIpc) is 3.61. The van der Waals surface area contributed by atoms with E-state index in [-0.39, 0.29) is 257 Å². The fourth-order valence-corrected chi connectivity index (χ4v) is 6.72. The Bertz CT molecular complexity index is 1350. The molecule has 4 fully saturated rings. The van der Waals surface area contributed by atoms with Gasteiger partial charge in [-0.3, -0.25) is 9.48 Å². The smallest absolute Gasteiger partial charge is 0.334 e. The predicted octanol–water partition coefficient (Wildman–Crippen LogP) is -7.52. The van der Waals surface area contributed by atoms with Crippen molar-refractivity contribution >= 4 is 17.3 Å². The Kier molecular flexibility index (Phi) is 36.2. The number of ketones is 3. The van der Waals surface area contributed by atoms with E-state index in [4.69, 9.17) is 0 Å². The maximum atomic E-state index is 11.4. The molecule has 15 heteroatoms. The third-order valence-corrected chi connectivity index (χ3v) is 10.5. The molecule has 0 radical (unpaired) electrons. The van der Waals surface area contributed by atoms with Crippen LogP contribution < -0.4 is 233 Å². The summed E-state index contributed by atoms with van der Waals surface area (Å²) in [5.74, 6) is 5.47. The summed E-state index contributed by atoms with van der Waals surface area (Å²) in [5, 5.41) is 8.91. The van der Waals surface area contributed by atoms with E-state index in [1.165, 1.54) is 81.8 Å². The molecule has 288 valence electrons. The van der Waals surface area contributed by atoms with Crippen molar-refractivity contribution in [2.45, 2.75) is 85.5 Å². The summed E-state index contributed by atoms with van der Waals surface area (Å²) in [7, 11) is 12.6. The van der Waals surface area contributed by atoms with E-state index in [2.05, 4.69) is 76.9 Å². The number of piperidine rings is 4. The molecule has 4 saturated heterocycles. The van der Waals surface area contributed by atoms with Gasteiger partial charge >= 0.3 is 233 Å². The van der Waals surface area contributed by atoms with Gasteiger partial charge in [-0.2, -0.15) is 24.0 Å². The molecule has 0 amide bonds. The number of aryl methyl sites for hydroxylation is 4. The maximum Gasteiger partial charge on any atom is 1.00 e. The second kappa shape index (κ2) is 32.6. The van der Waals surface area contributed by atoms with Crippen LogP contribution in [0, 0.1) is 37.5 Å².